The van der Waals surface area contributed by atoms with Crippen LogP contribution in [0.3, 0.4) is 0 Å². The van der Waals surface area contributed by atoms with Crippen LogP contribution in [0.2, 0.25) is 5.02 Å². The predicted octanol–water partition coefficient (Wildman–Crippen LogP) is 3.41. The molecule has 1 atom stereocenters. The van der Waals surface area contributed by atoms with E-state index in [9.17, 15) is 9.18 Å². The number of rotatable bonds is 2. The molecule has 1 aromatic carbocycles. The molecule has 1 unspecified atom stereocenters. The monoisotopic (exact) mass is 263 g/mol. The summed E-state index contributed by atoms with van der Waals surface area (Å²) in [6.07, 6.45) is -0.546. The van der Waals surface area contributed by atoms with Gasteiger partial charge in [0.1, 0.15) is 0 Å². The summed E-state index contributed by atoms with van der Waals surface area (Å²) in [5.41, 5.74) is 0.233. The molecule has 13 heavy (non-hydrogen) atoms. The van der Waals surface area contributed by atoms with Gasteiger partial charge in [0.2, 0.25) is 12.4 Å². The Kier molecular flexibility index (Phi) is 3.60. The summed E-state index contributed by atoms with van der Waals surface area (Å²) in [6.45, 7) is 0. The van der Waals surface area contributed by atoms with E-state index >= 15 is 0 Å². The lowest BCUT2D eigenvalue weighted by molar-refractivity contribution is 0.356. The molecule has 68 valence electrons. The van der Waals surface area contributed by atoms with Crippen LogP contribution in [0.5, 0.6) is 0 Å². The van der Waals surface area contributed by atoms with Crippen LogP contribution in [-0.4, -0.2) is 6.08 Å². The zero-order valence-corrected chi connectivity index (χ0v) is 8.64. The van der Waals surface area contributed by atoms with Gasteiger partial charge in [-0.2, -0.15) is 4.99 Å². The molecule has 0 spiro atoms. The van der Waals surface area contributed by atoms with Crippen molar-refractivity contribution in [2.45, 2.75) is 6.30 Å². The second-order valence-corrected chi connectivity index (χ2v) is 3.49. The molecule has 0 aliphatic heterocycles. The minimum absolute atomic E-state index is 0.233. The number of hydrogen-bond donors (Lipinski definition) is 0. The lowest BCUT2D eigenvalue weighted by Crippen LogP contribution is -1.87. The Morgan fingerprint density at radius 2 is 2.31 bits per heavy atom. The van der Waals surface area contributed by atoms with Gasteiger partial charge in [-0.05, 0) is 28.1 Å². The van der Waals surface area contributed by atoms with Gasteiger partial charge in [0, 0.05) is 10.0 Å². The van der Waals surface area contributed by atoms with Crippen LogP contribution in [0.1, 0.15) is 11.9 Å². The second-order valence-electron chi connectivity index (χ2n) is 2.23. The smallest absolute Gasteiger partial charge is 0.215 e. The molecule has 1 aromatic rings. The van der Waals surface area contributed by atoms with Gasteiger partial charge in [-0.15, -0.1) is 0 Å². The molecule has 0 fully saturated rings. The summed E-state index contributed by atoms with van der Waals surface area (Å²) >= 11 is 8.86. The van der Waals surface area contributed by atoms with Gasteiger partial charge >= 0.3 is 0 Å². The number of isocyanates is 1. The molecule has 0 N–H and O–H groups in total. The molecule has 2 nitrogen and oxygen atoms in total. The molecular formula is C8H4BrClFNO. The van der Waals surface area contributed by atoms with E-state index in [0.717, 1.165) is 6.08 Å². The van der Waals surface area contributed by atoms with Crippen molar-refractivity contribution in [1.29, 1.82) is 0 Å². The van der Waals surface area contributed by atoms with Crippen molar-refractivity contribution in [2.75, 3.05) is 0 Å². The predicted molar refractivity (Wildman–Crippen MR) is 51.1 cm³/mol. The number of halogens is 3. The first-order valence-corrected chi connectivity index (χ1v) is 4.48. The van der Waals surface area contributed by atoms with Crippen molar-refractivity contribution >= 4 is 33.6 Å². The average Bonchev–Trinajstić information content (AvgIpc) is 2.10. The van der Waals surface area contributed by atoms with E-state index in [0.29, 0.717) is 9.50 Å². The fourth-order valence-electron chi connectivity index (χ4n) is 0.781. The summed E-state index contributed by atoms with van der Waals surface area (Å²) in [5, 5.41) is 0.376. The molecule has 0 aliphatic rings. The fraction of sp³-hybridized carbons (Fsp3) is 0.125. The van der Waals surface area contributed by atoms with Crippen LogP contribution in [-0.2, 0) is 4.79 Å². The van der Waals surface area contributed by atoms with E-state index in [1.54, 1.807) is 6.07 Å². The van der Waals surface area contributed by atoms with Crippen LogP contribution in [0.15, 0.2) is 27.7 Å². The molecule has 0 saturated heterocycles. The van der Waals surface area contributed by atoms with Crippen molar-refractivity contribution in [3.8, 4) is 0 Å². The summed E-state index contributed by atoms with van der Waals surface area (Å²) in [6, 6.07) is 4.48. The molecule has 0 aromatic heterocycles. The van der Waals surface area contributed by atoms with Crippen LogP contribution in [0.25, 0.3) is 0 Å². The Labute approximate surface area is 87.6 Å². The Morgan fingerprint density at radius 1 is 1.62 bits per heavy atom. The number of carbonyl (C=O) groups excluding carboxylic acids is 1. The minimum atomic E-state index is -1.69. The first kappa shape index (κ1) is 10.4. The van der Waals surface area contributed by atoms with Crippen molar-refractivity contribution < 1.29 is 9.18 Å². The zero-order chi connectivity index (χ0) is 9.84. The molecule has 1 rings (SSSR count). The first-order chi connectivity index (χ1) is 6.15. The summed E-state index contributed by atoms with van der Waals surface area (Å²) < 4.78 is 13.6. The first-order valence-electron chi connectivity index (χ1n) is 3.31. The third-order valence-electron chi connectivity index (χ3n) is 1.38. The van der Waals surface area contributed by atoms with E-state index in [1.807, 2.05) is 0 Å². The van der Waals surface area contributed by atoms with Crippen molar-refractivity contribution in [3.05, 3.63) is 33.3 Å². The van der Waals surface area contributed by atoms with Crippen LogP contribution >= 0.6 is 27.5 Å². The third-order valence-corrected chi connectivity index (χ3v) is 2.62. The lowest BCUT2D eigenvalue weighted by atomic mass is 10.2. The quantitative estimate of drug-likeness (QED) is 0.457. The molecule has 5 heteroatoms. The minimum Gasteiger partial charge on any atom is -0.215 e. The second kappa shape index (κ2) is 4.51. The Bertz CT molecular complexity index is 365. The van der Waals surface area contributed by atoms with Gasteiger partial charge in [-0.1, -0.05) is 17.7 Å². The highest BCUT2D eigenvalue weighted by atomic mass is 79.9. The molecule has 0 heterocycles. The van der Waals surface area contributed by atoms with Gasteiger partial charge in [0.15, 0.2) is 0 Å². The lowest BCUT2D eigenvalue weighted by Gasteiger charge is -2.02. The summed E-state index contributed by atoms with van der Waals surface area (Å²) in [4.78, 5) is 12.7. The number of alkyl halides is 1. The third kappa shape index (κ3) is 2.62. The van der Waals surface area contributed by atoms with Crippen LogP contribution < -0.4 is 0 Å². The van der Waals surface area contributed by atoms with E-state index in [1.165, 1.54) is 12.1 Å². The number of benzene rings is 1. The highest BCUT2D eigenvalue weighted by molar-refractivity contribution is 9.10. The molecule has 0 saturated carbocycles. The average molecular weight is 264 g/mol. The highest BCUT2D eigenvalue weighted by Gasteiger charge is 2.08. The fourth-order valence-corrected chi connectivity index (χ4v) is 1.22. The highest BCUT2D eigenvalue weighted by Crippen LogP contribution is 2.27. The van der Waals surface area contributed by atoms with Gasteiger partial charge in [0.25, 0.3) is 0 Å². The van der Waals surface area contributed by atoms with Gasteiger partial charge < -0.3 is 0 Å². The van der Waals surface area contributed by atoms with E-state index < -0.39 is 6.30 Å². The van der Waals surface area contributed by atoms with Gasteiger partial charge in [-0.3, -0.25) is 0 Å². The molecule has 0 bridgehead atoms. The maximum atomic E-state index is 12.9. The van der Waals surface area contributed by atoms with E-state index in [-0.39, 0.29) is 5.56 Å². The van der Waals surface area contributed by atoms with Crippen LogP contribution in [0.4, 0.5) is 4.39 Å². The largest absolute Gasteiger partial charge is 0.238 e. The molecule has 0 amide bonds. The van der Waals surface area contributed by atoms with Crippen molar-refractivity contribution in [1.82, 2.24) is 0 Å². The van der Waals surface area contributed by atoms with E-state index in [2.05, 4.69) is 20.9 Å². The maximum absolute atomic E-state index is 12.9. The van der Waals surface area contributed by atoms with Crippen LogP contribution in [0, 0.1) is 0 Å². The topological polar surface area (TPSA) is 29.4 Å². The summed E-state index contributed by atoms with van der Waals surface area (Å²) in [7, 11) is 0. The number of nitrogens with zero attached hydrogens (tertiary/aromatic N) is 1. The molecular weight excluding hydrogens is 260 g/mol. The molecule has 0 radical (unpaired) electrons. The number of hydrogen-bond acceptors (Lipinski definition) is 2. The normalized spacial score (nSPS) is 11.9. The standard InChI is InChI=1S/C8H4BrClFNO/c9-6-2-1-5(3-7(6)10)8(11)12-4-13/h1-3,8H. The Balaban J connectivity index is 3.03. The number of aliphatic imine (C=N–C) groups is 1. The maximum Gasteiger partial charge on any atom is 0.238 e. The van der Waals surface area contributed by atoms with Crippen molar-refractivity contribution in [2.24, 2.45) is 4.99 Å². The van der Waals surface area contributed by atoms with Crippen molar-refractivity contribution in [3.63, 3.8) is 0 Å². The molecule has 0 aliphatic carbocycles. The van der Waals surface area contributed by atoms with E-state index in [4.69, 9.17) is 11.6 Å². The zero-order valence-electron chi connectivity index (χ0n) is 6.30. The Hall–Kier alpha value is -0.700. The summed E-state index contributed by atoms with van der Waals surface area (Å²) in [5.74, 6) is 0. The SMILES string of the molecule is O=C=NC(F)c1ccc(Br)c(Cl)c1. The van der Waals surface area contributed by atoms with Gasteiger partial charge in [0.05, 0.1) is 5.02 Å². The Morgan fingerprint density at radius 3 is 2.85 bits per heavy atom. The van der Waals surface area contributed by atoms with Gasteiger partial charge in [-0.25, -0.2) is 9.18 Å².